The highest BCUT2D eigenvalue weighted by Crippen LogP contribution is 2.21. The molecule has 0 aromatic heterocycles. The van der Waals surface area contributed by atoms with E-state index in [0.29, 0.717) is 38.0 Å². The fourth-order valence-electron chi connectivity index (χ4n) is 1.84. The number of rotatable bonds is 8. The van der Waals surface area contributed by atoms with Crippen LogP contribution >= 0.6 is 0 Å². The summed E-state index contributed by atoms with van der Waals surface area (Å²) in [6.45, 7) is 6.33. The molecular formula is C17H24O4. The van der Waals surface area contributed by atoms with Crippen molar-refractivity contribution in [3.63, 3.8) is 0 Å². The number of benzene rings is 1. The van der Waals surface area contributed by atoms with E-state index in [4.69, 9.17) is 9.47 Å². The topological polar surface area (TPSA) is 52.6 Å². The average Bonchev–Trinajstić information content (AvgIpc) is 2.46. The van der Waals surface area contributed by atoms with Gasteiger partial charge in [0, 0.05) is 12.8 Å². The van der Waals surface area contributed by atoms with Crippen molar-refractivity contribution in [3.05, 3.63) is 29.3 Å². The molecule has 0 N–H and O–H groups in total. The highest BCUT2D eigenvalue weighted by molar-refractivity contribution is 5.73. The minimum Gasteiger partial charge on any atom is -0.466 e. The van der Waals surface area contributed by atoms with Gasteiger partial charge in [0.15, 0.2) is 0 Å². The summed E-state index contributed by atoms with van der Waals surface area (Å²) in [5.74, 6) is 0.160. The predicted molar refractivity (Wildman–Crippen MR) is 81.3 cm³/mol. The van der Waals surface area contributed by atoms with E-state index in [1.807, 2.05) is 32.9 Å². The lowest BCUT2D eigenvalue weighted by Crippen LogP contribution is -2.10. The number of ether oxygens (including phenoxy) is 2. The van der Waals surface area contributed by atoms with Crippen LogP contribution in [0, 0.1) is 13.8 Å². The summed E-state index contributed by atoms with van der Waals surface area (Å²) >= 11 is 0. The Bertz CT molecular complexity index is 480. The normalized spacial score (nSPS) is 10.2. The van der Waals surface area contributed by atoms with Crippen molar-refractivity contribution < 1.29 is 19.1 Å². The zero-order chi connectivity index (χ0) is 15.7. The van der Waals surface area contributed by atoms with Crippen molar-refractivity contribution in [1.82, 2.24) is 0 Å². The van der Waals surface area contributed by atoms with Crippen molar-refractivity contribution in [2.45, 2.75) is 52.9 Å². The fraction of sp³-hybridized carbons (Fsp3) is 0.529. The monoisotopic (exact) mass is 292 g/mol. The third-order valence-electron chi connectivity index (χ3n) is 3.26. The van der Waals surface area contributed by atoms with Crippen LogP contribution in [0.5, 0.6) is 5.75 Å². The lowest BCUT2D eigenvalue weighted by molar-refractivity contribution is -0.144. The van der Waals surface area contributed by atoms with E-state index in [0.717, 1.165) is 17.5 Å². The SMILES string of the molecule is CCCOC(=O)CCCCC(=O)Oc1cccc(C)c1C. The van der Waals surface area contributed by atoms with Crippen LogP contribution in [-0.4, -0.2) is 18.5 Å². The number of unbranched alkanes of at least 4 members (excludes halogenated alkanes) is 1. The van der Waals surface area contributed by atoms with Gasteiger partial charge in [0.1, 0.15) is 5.75 Å². The zero-order valence-corrected chi connectivity index (χ0v) is 13.1. The van der Waals surface area contributed by atoms with Gasteiger partial charge in [-0.15, -0.1) is 0 Å². The third-order valence-corrected chi connectivity index (χ3v) is 3.26. The molecule has 4 nitrogen and oxygen atoms in total. The molecule has 0 atom stereocenters. The van der Waals surface area contributed by atoms with Crippen LogP contribution in [0.2, 0.25) is 0 Å². The first-order valence-corrected chi connectivity index (χ1v) is 7.47. The van der Waals surface area contributed by atoms with Crippen molar-refractivity contribution in [2.24, 2.45) is 0 Å². The lowest BCUT2D eigenvalue weighted by atomic mass is 10.1. The Kier molecular flexibility index (Phi) is 7.51. The minimum absolute atomic E-state index is 0.195. The number of hydrogen-bond acceptors (Lipinski definition) is 4. The molecule has 1 aromatic carbocycles. The van der Waals surface area contributed by atoms with Gasteiger partial charge in [-0.3, -0.25) is 9.59 Å². The minimum atomic E-state index is -0.259. The van der Waals surface area contributed by atoms with Crippen molar-refractivity contribution >= 4 is 11.9 Å². The molecule has 0 saturated heterocycles. The number of esters is 2. The van der Waals surface area contributed by atoms with E-state index in [2.05, 4.69) is 0 Å². The second-order valence-corrected chi connectivity index (χ2v) is 5.10. The van der Waals surface area contributed by atoms with Crippen LogP contribution in [0.15, 0.2) is 18.2 Å². The summed E-state index contributed by atoms with van der Waals surface area (Å²) in [5, 5.41) is 0. The van der Waals surface area contributed by atoms with E-state index in [1.165, 1.54) is 0 Å². The Labute approximate surface area is 126 Å². The molecule has 0 aliphatic carbocycles. The van der Waals surface area contributed by atoms with E-state index >= 15 is 0 Å². The van der Waals surface area contributed by atoms with Crippen LogP contribution in [-0.2, 0) is 14.3 Å². The molecule has 0 aliphatic rings. The van der Waals surface area contributed by atoms with Gasteiger partial charge in [0.05, 0.1) is 6.61 Å². The Morgan fingerprint density at radius 1 is 1.05 bits per heavy atom. The molecular weight excluding hydrogens is 268 g/mol. The number of carbonyl (C=O) groups is 2. The van der Waals surface area contributed by atoms with Crippen molar-refractivity contribution in [2.75, 3.05) is 6.61 Å². The summed E-state index contributed by atoms with van der Waals surface area (Å²) in [6.07, 6.45) is 2.77. The zero-order valence-electron chi connectivity index (χ0n) is 13.1. The van der Waals surface area contributed by atoms with Crippen LogP contribution in [0.1, 0.15) is 50.2 Å². The lowest BCUT2D eigenvalue weighted by Gasteiger charge is -2.09. The Balaban J connectivity index is 2.25. The molecule has 0 fully saturated rings. The third kappa shape index (κ3) is 6.43. The Morgan fingerprint density at radius 2 is 1.71 bits per heavy atom. The van der Waals surface area contributed by atoms with E-state index in [9.17, 15) is 9.59 Å². The van der Waals surface area contributed by atoms with Gasteiger partial charge < -0.3 is 9.47 Å². The fourth-order valence-corrected chi connectivity index (χ4v) is 1.84. The molecule has 0 saturated carbocycles. The summed E-state index contributed by atoms with van der Waals surface area (Å²) in [4.78, 5) is 23.0. The number of hydrogen-bond donors (Lipinski definition) is 0. The largest absolute Gasteiger partial charge is 0.466 e. The molecule has 0 amide bonds. The predicted octanol–water partition coefficient (Wildman–Crippen LogP) is 3.72. The maximum atomic E-state index is 11.8. The first-order chi connectivity index (χ1) is 10.0. The van der Waals surface area contributed by atoms with Crippen LogP contribution in [0.3, 0.4) is 0 Å². The van der Waals surface area contributed by atoms with E-state index < -0.39 is 0 Å². The second kappa shape index (κ2) is 9.16. The van der Waals surface area contributed by atoms with Crippen LogP contribution < -0.4 is 4.74 Å². The van der Waals surface area contributed by atoms with Gasteiger partial charge in [0.2, 0.25) is 0 Å². The molecule has 0 heterocycles. The summed E-state index contributed by atoms with van der Waals surface area (Å²) in [5.41, 5.74) is 2.08. The van der Waals surface area contributed by atoms with E-state index in [1.54, 1.807) is 6.07 Å². The molecule has 4 heteroatoms. The number of aryl methyl sites for hydroxylation is 1. The molecule has 21 heavy (non-hydrogen) atoms. The molecule has 0 spiro atoms. The van der Waals surface area contributed by atoms with Crippen LogP contribution in [0.4, 0.5) is 0 Å². The molecule has 0 radical (unpaired) electrons. The van der Waals surface area contributed by atoms with Gasteiger partial charge in [0.25, 0.3) is 0 Å². The van der Waals surface area contributed by atoms with Gasteiger partial charge >= 0.3 is 11.9 Å². The van der Waals surface area contributed by atoms with Crippen LogP contribution in [0.25, 0.3) is 0 Å². The van der Waals surface area contributed by atoms with Gasteiger partial charge in [-0.1, -0.05) is 19.1 Å². The number of carbonyl (C=O) groups excluding carboxylic acids is 2. The molecule has 116 valence electrons. The standard InChI is InChI=1S/C17H24O4/c1-4-12-20-16(18)10-5-6-11-17(19)21-15-9-7-8-13(2)14(15)3/h7-9H,4-6,10-12H2,1-3H3. The van der Waals surface area contributed by atoms with Gasteiger partial charge in [-0.2, -0.15) is 0 Å². The molecule has 0 aliphatic heterocycles. The summed E-state index contributed by atoms with van der Waals surface area (Å²) in [6, 6.07) is 5.64. The molecule has 0 unspecified atom stereocenters. The molecule has 1 rings (SSSR count). The maximum Gasteiger partial charge on any atom is 0.311 e. The first-order valence-electron chi connectivity index (χ1n) is 7.47. The first kappa shape index (κ1) is 17.2. The highest BCUT2D eigenvalue weighted by Gasteiger charge is 2.09. The maximum absolute atomic E-state index is 11.8. The Morgan fingerprint density at radius 3 is 2.38 bits per heavy atom. The smallest absolute Gasteiger partial charge is 0.311 e. The second-order valence-electron chi connectivity index (χ2n) is 5.10. The van der Waals surface area contributed by atoms with Crippen molar-refractivity contribution in [1.29, 1.82) is 0 Å². The quantitative estimate of drug-likeness (QED) is 0.416. The highest BCUT2D eigenvalue weighted by atomic mass is 16.5. The molecule has 1 aromatic rings. The summed E-state index contributed by atoms with van der Waals surface area (Å²) < 4.78 is 10.3. The van der Waals surface area contributed by atoms with Crippen molar-refractivity contribution in [3.8, 4) is 5.75 Å². The average molecular weight is 292 g/mol. The summed E-state index contributed by atoms with van der Waals surface area (Å²) in [7, 11) is 0. The Hall–Kier alpha value is -1.84. The van der Waals surface area contributed by atoms with Gasteiger partial charge in [-0.05, 0) is 50.3 Å². The molecule has 0 bridgehead atoms. The van der Waals surface area contributed by atoms with Gasteiger partial charge in [-0.25, -0.2) is 0 Å². The van der Waals surface area contributed by atoms with E-state index in [-0.39, 0.29) is 11.9 Å².